The van der Waals surface area contributed by atoms with Gasteiger partial charge in [-0.3, -0.25) is 4.79 Å². The highest BCUT2D eigenvalue weighted by atomic mass is 28.4. The van der Waals surface area contributed by atoms with Crippen molar-refractivity contribution in [3.63, 3.8) is 0 Å². The third kappa shape index (κ3) is 7.55. The lowest BCUT2D eigenvalue weighted by Crippen LogP contribution is -2.44. The molecule has 1 radical (unpaired) electrons. The summed E-state index contributed by atoms with van der Waals surface area (Å²) >= 11 is 0. The molecule has 177 valence electrons. The number of carbonyl (C=O) groups excluding carboxylic acids is 1. The van der Waals surface area contributed by atoms with Crippen LogP contribution in [0.3, 0.4) is 0 Å². The van der Waals surface area contributed by atoms with Crippen molar-refractivity contribution in [1.29, 1.82) is 0 Å². The quantitative estimate of drug-likeness (QED) is 0.394. The molecule has 0 saturated carbocycles. The zero-order chi connectivity index (χ0) is 24.0. The summed E-state index contributed by atoms with van der Waals surface area (Å²) < 4.78 is 26.9. The number of rotatable bonds is 12. The van der Waals surface area contributed by atoms with E-state index in [1.807, 2.05) is 18.2 Å². The second kappa shape index (κ2) is 10.7. The van der Waals surface area contributed by atoms with Gasteiger partial charge in [-0.05, 0) is 62.7 Å². The van der Waals surface area contributed by atoms with Crippen molar-refractivity contribution in [3.8, 4) is 0 Å². The van der Waals surface area contributed by atoms with Crippen molar-refractivity contribution in [3.05, 3.63) is 60.7 Å². The average molecular weight is 462 g/mol. The monoisotopic (exact) mass is 461 g/mol. The molecule has 1 aromatic carbocycles. The number of hydrogen-bond acceptors (Lipinski definition) is 4. The first-order valence-electron chi connectivity index (χ1n) is 11.2. The fourth-order valence-electron chi connectivity index (χ4n) is 3.26. The third-order valence-corrected chi connectivity index (χ3v) is 11.0. The van der Waals surface area contributed by atoms with Crippen LogP contribution >= 0.6 is 0 Å². The first kappa shape index (κ1) is 26.3. The van der Waals surface area contributed by atoms with Crippen LogP contribution in [0.25, 0.3) is 0 Å². The van der Waals surface area contributed by atoms with Crippen LogP contribution in [-0.4, -0.2) is 31.0 Å². The molecule has 3 atom stereocenters. The normalized spacial score (nSPS) is 16.3. The molecule has 7 heteroatoms. The predicted octanol–water partition coefficient (Wildman–Crippen LogP) is 5.98. The number of carbonyl (C=O) groups is 1. The number of primary amides is 1. The summed E-state index contributed by atoms with van der Waals surface area (Å²) in [7, 11) is -2.07. The fraction of sp³-hybridized carbons (Fsp3) is 0.560. The molecule has 0 spiro atoms. The van der Waals surface area contributed by atoms with Crippen molar-refractivity contribution in [2.45, 2.75) is 89.2 Å². The summed E-state index contributed by atoms with van der Waals surface area (Å²) in [6, 6.07) is 10.2. The van der Waals surface area contributed by atoms with E-state index in [4.69, 9.17) is 14.6 Å². The van der Waals surface area contributed by atoms with Gasteiger partial charge in [-0.15, -0.1) is 0 Å². The van der Waals surface area contributed by atoms with Gasteiger partial charge in [-0.1, -0.05) is 51.1 Å². The minimum Gasteiger partial charge on any atom is -0.449 e. The van der Waals surface area contributed by atoms with Crippen LogP contribution in [0, 0.1) is 6.42 Å². The van der Waals surface area contributed by atoms with Gasteiger partial charge in [0, 0.05) is 12.0 Å². The van der Waals surface area contributed by atoms with E-state index in [0.717, 1.165) is 6.42 Å². The average Bonchev–Trinajstić information content (AvgIpc) is 3.23. The summed E-state index contributed by atoms with van der Waals surface area (Å²) in [5, 5.41) is 0.0494. The van der Waals surface area contributed by atoms with Gasteiger partial charge in [0.15, 0.2) is 19.9 Å². The number of aromatic nitrogens is 1. The van der Waals surface area contributed by atoms with E-state index in [1.54, 1.807) is 6.20 Å². The number of benzene rings is 1. The van der Waals surface area contributed by atoms with Crippen molar-refractivity contribution in [1.82, 2.24) is 4.98 Å². The van der Waals surface area contributed by atoms with E-state index in [9.17, 15) is 9.18 Å². The Kier molecular flexibility index (Phi) is 8.82. The second-order valence-electron chi connectivity index (χ2n) is 10.2. The van der Waals surface area contributed by atoms with E-state index in [0.29, 0.717) is 18.7 Å². The van der Waals surface area contributed by atoms with Gasteiger partial charge in [-0.25, -0.2) is 9.37 Å². The Bertz CT molecular complexity index is 833. The van der Waals surface area contributed by atoms with Gasteiger partial charge in [0.2, 0.25) is 0 Å². The summed E-state index contributed by atoms with van der Waals surface area (Å²) in [6.45, 7) is 12.3. The maximum absolute atomic E-state index is 14.6. The molecule has 0 bridgehead atoms. The Morgan fingerprint density at radius 1 is 1.25 bits per heavy atom. The zero-order valence-electron chi connectivity index (χ0n) is 20.2. The first-order chi connectivity index (χ1) is 14.8. The number of oxazole rings is 1. The smallest absolute Gasteiger partial charge is 0.254 e. The van der Waals surface area contributed by atoms with Crippen molar-refractivity contribution >= 4 is 14.2 Å². The molecule has 0 saturated heterocycles. The molecule has 0 aliphatic heterocycles. The Hall–Kier alpha value is -1.99. The fourth-order valence-corrected chi connectivity index (χ4v) is 4.56. The van der Waals surface area contributed by atoms with E-state index >= 15 is 0 Å². The van der Waals surface area contributed by atoms with Gasteiger partial charge in [0.1, 0.15) is 6.26 Å². The maximum atomic E-state index is 14.6. The van der Waals surface area contributed by atoms with Gasteiger partial charge < -0.3 is 14.6 Å². The van der Waals surface area contributed by atoms with Gasteiger partial charge in [0.05, 0.1) is 6.20 Å². The van der Waals surface area contributed by atoms with Crippen LogP contribution in [-0.2, 0) is 15.6 Å². The van der Waals surface area contributed by atoms with Gasteiger partial charge in [0.25, 0.3) is 5.91 Å². The van der Waals surface area contributed by atoms with Crippen LogP contribution in [0.1, 0.15) is 64.3 Å². The molecule has 0 fully saturated rings. The topological polar surface area (TPSA) is 78.3 Å². The lowest BCUT2D eigenvalue weighted by atomic mass is 9.89. The van der Waals surface area contributed by atoms with Crippen molar-refractivity contribution in [2.24, 2.45) is 5.73 Å². The first-order valence-corrected chi connectivity index (χ1v) is 14.2. The Morgan fingerprint density at radius 2 is 1.91 bits per heavy atom. The minimum atomic E-state index is -2.08. The molecule has 2 rings (SSSR count). The minimum absolute atomic E-state index is 0.000871. The van der Waals surface area contributed by atoms with Crippen LogP contribution < -0.4 is 5.73 Å². The highest BCUT2D eigenvalue weighted by Gasteiger charge is 2.40. The Labute approximate surface area is 193 Å². The van der Waals surface area contributed by atoms with E-state index in [1.165, 1.54) is 18.8 Å². The number of nitrogens with two attached hydrogens (primary N) is 1. The molecule has 1 aromatic heterocycles. The summed E-state index contributed by atoms with van der Waals surface area (Å²) in [5.41, 5.74) is 4.37. The molecular weight excluding hydrogens is 423 g/mol. The van der Waals surface area contributed by atoms with Crippen molar-refractivity contribution in [2.75, 3.05) is 0 Å². The third-order valence-electron chi connectivity index (χ3n) is 6.50. The standard InChI is InChI=1S/C25H38FN2O3Si/c1-24(2,3)32(5,6)31-21(13-12-19-10-8-7-9-11-19)18-20(22-28-16-17-30-22)14-15-25(4,26)23(27)29/h7-11,13,16-17,20-21H,12,14-15,18H2,1-6H3,(H2,27,29). The molecule has 2 aromatic rings. The molecule has 0 aliphatic carbocycles. The van der Waals surface area contributed by atoms with E-state index < -0.39 is 19.9 Å². The number of amides is 1. The molecular formula is C25H38FN2O3Si. The van der Waals surface area contributed by atoms with Gasteiger partial charge >= 0.3 is 0 Å². The zero-order valence-corrected chi connectivity index (χ0v) is 21.2. The predicted molar refractivity (Wildman–Crippen MR) is 128 cm³/mol. The highest BCUT2D eigenvalue weighted by molar-refractivity contribution is 6.74. The second-order valence-corrected chi connectivity index (χ2v) is 15.0. The van der Waals surface area contributed by atoms with Gasteiger partial charge in [-0.2, -0.15) is 0 Å². The summed E-state index contributed by atoms with van der Waals surface area (Å²) in [5.74, 6) is -0.614. The van der Waals surface area contributed by atoms with E-state index in [-0.39, 0.29) is 23.5 Å². The van der Waals surface area contributed by atoms with Crippen LogP contribution in [0.15, 0.2) is 47.2 Å². The molecule has 1 amide bonds. The number of hydrogen-bond donors (Lipinski definition) is 1. The molecule has 32 heavy (non-hydrogen) atoms. The molecule has 5 nitrogen and oxygen atoms in total. The Balaban J connectivity index is 2.22. The summed E-state index contributed by atoms with van der Waals surface area (Å²) in [6.07, 6.45) is 6.87. The number of alkyl halides is 1. The largest absolute Gasteiger partial charge is 0.449 e. The van der Waals surface area contributed by atoms with Crippen LogP contribution in [0.2, 0.25) is 18.1 Å². The van der Waals surface area contributed by atoms with Crippen molar-refractivity contribution < 1.29 is 18.0 Å². The summed E-state index contributed by atoms with van der Waals surface area (Å²) in [4.78, 5) is 15.8. The maximum Gasteiger partial charge on any atom is 0.254 e. The lowest BCUT2D eigenvalue weighted by Gasteiger charge is -2.40. The lowest BCUT2D eigenvalue weighted by molar-refractivity contribution is -0.128. The Morgan fingerprint density at radius 3 is 2.44 bits per heavy atom. The molecule has 1 heterocycles. The molecule has 3 unspecified atom stereocenters. The SMILES string of the molecule is CC(F)(CCC(CC([CH]Cc1ccccc1)O[Si](C)(C)C(C)(C)C)c1ncco1)C(N)=O. The number of halogens is 1. The molecule has 2 N–H and O–H groups in total. The van der Waals surface area contributed by atoms with Crippen LogP contribution in [0.4, 0.5) is 4.39 Å². The van der Waals surface area contributed by atoms with Crippen LogP contribution in [0.5, 0.6) is 0 Å². The number of nitrogens with zero attached hydrogens (tertiary/aromatic N) is 1. The molecule has 0 aliphatic rings. The highest BCUT2D eigenvalue weighted by Crippen LogP contribution is 2.39. The van der Waals surface area contributed by atoms with E-state index in [2.05, 4.69) is 57.4 Å².